The summed E-state index contributed by atoms with van der Waals surface area (Å²) in [5, 5.41) is 0. The van der Waals surface area contributed by atoms with Crippen LogP contribution in [0.15, 0.2) is 42.5 Å². The summed E-state index contributed by atoms with van der Waals surface area (Å²) in [4.78, 5) is 11.3. The van der Waals surface area contributed by atoms with E-state index in [0.29, 0.717) is 5.56 Å². The Labute approximate surface area is 112 Å². The summed E-state index contributed by atoms with van der Waals surface area (Å²) < 4.78 is 10.5. The van der Waals surface area contributed by atoms with Gasteiger partial charge < -0.3 is 9.47 Å². The molecule has 2 aromatic rings. The highest BCUT2D eigenvalue weighted by Crippen LogP contribution is 2.33. The SMILES string of the molecule is COc1ccc(-c2ccc(C(C)=O)cc2)c(OC)c1. The molecule has 0 fully saturated rings. The first-order valence-corrected chi connectivity index (χ1v) is 5.99. The molecule has 0 spiro atoms. The minimum absolute atomic E-state index is 0.0632. The molecule has 0 atom stereocenters. The number of carbonyl (C=O) groups is 1. The van der Waals surface area contributed by atoms with Crippen LogP contribution in [-0.4, -0.2) is 20.0 Å². The molecule has 0 amide bonds. The van der Waals surface area contributed by atoms with Gasteiger partial charge in [-0.15, -0.1) is 0 Å². The minimum atomic E-state index is 0.0632. The molecule has 0 heterocycles. The van der Waals surface area contributed by atoms with E-state index in [4.69, 9.17) is 9.47 Å². The molecule has 98 valence electrons. The number of rotatable bonds is 4. The highest BCUT2D eigenvalue weighted by molar-refractivity contribution is 5.94. The van der Waals surface area contributed by atoms with Crippen molar-refractivity contribution >= 4 is 5.78 Å². The van der Waals surface area contributed by atoms with Crippen LogP contribution in [0.25, 0.3) is 11.1 Å². The van der Waals surface area contributed by atoms with Gasteiger partial charge in [0, 0.05) is 17.2 Å². The molecule has 0 bridgehead atoms. The first-order valence-electron chi connectivity index (χ1n) is 5.99. The summed E-state index contributed by atoms with van der Waals surface area (Å²) in [6, 6.07) is 13.1. The Morgan fingerprint density at radius 1 is 0.947 bits per heavy atom. The quantitative estimate of drug-likeness (QED) is 0.784. The number of hydrogen-bond acceptors (Lipinski definition) is 3. The Morgan fingerprint density at radius 2 is 1.63 bits per heavy atom. The minimum Gasteiger partial charge on any atom is -0.497 e. The lowest BCUT2D eigenvalue weighted by Gasteiger charge is -2.10. The molecule has 19 heavy (non-hydrogen) atoms. The molecule has 3 nitrogen and oxygen atoms in total. The van der Waals surface area contributed by atoms with E-state index in [1.165, 1.54) is 0 Å². The number of Topliss-reactive ketones (excluding diaryl/α,β-unsaturated/α-hetero) is 1. The van der Waals surface area contributed by atoms with Crippen LogP contribution >= 0.6 is 0 Å². The van der Waals surface area contributed by atoms with Crippen LogP contribution in [0.3, 0.4) is 0 Å². The van der Waals surface area contributed by atoms with E-state index in [1.54, 1.807) is 21.1 Å². The first-order chi connectivity index (χ1) is 9.15. The molecule has 0 radical (unpaired) electrons. The Hall–Kier alpha value is -2.29. The highest BCUT2D eigenvalue weighted by atomic mass is 16.5. The average Bonchev–Trinajstić information content (AvgIpc) is 2.46. The molecule has 3 heteroatoms. The fraction of sp³-hybridized carbons (Fsp3) is 0.188. The maximum atomic E-state index is 11.3. The van der Waals surface area contributed by atoms with Crippen molar-refractivity contribution in [3.8, 4) is 22.6 Å². The third-order valence-corrected chi connectivity index (χ3v) is 3.01. The lowest BCUT2D eigenvalue weighted by Crippen LogP contribution is -1.93. The fourth-order valence-corrected chi connectivity index (χ4v) is 1.92. The topological polar surface area (TPSA) is 35.5 Å². The van der Waals surface area contributed by atoms with E-state index < -0.39 is 0 Å². The van der Waals surface area contributed by atoms with Gasteiger partial charge in [-0.25, -0.2) is 0 Å². The van der Waals surface area contributed by atoms with Crippen LogP contribution in [0.5, 0.6) is 11.5 Å². The number of benzene rings is 2. The van der Waals surface area contributed by atoms with Crippen LogP contribution in [0.2, 0.25) is 0 Å². The van der Waals surface area contributed by atoms with Gasteiger partial charge >= 0.3 is 0 Å². The van der Waals surface area contributed by atoms with Gasteiger partial charge in [0.25, 0.3) is 0 Å². The second kappa shape index (κ2) is 5.57. The maximum Gasteiger partial charge on any atom is 0.159 e. The molecular formula is C16H16O3. The monoisotopic (exact) mass is 256 g/mol. The lowest BCUT2D eigenvalue weighted by atomic mass is 10.0. The summed E-state index contributed by atoms with van der Waals surface area (Å²) in [5.41, 5.74) is 2.68. The van der Waals surface area contributed by atoms with E-state index in [2.05, 4.69) is 0 Å². The van der Waals surface area contributed by atoms with Crippen molar-refractivity contribution in [2.24, 2.45) is 0 Å². The molecule has 0 aliphatic heterocycles. The highest BCUT2D eigenvalue weighted by Gasteiger charge is 2.08. The number of ketones is 1. The third-order valence-electron chi connectivity index (χ3n) is 3.01. The zero-order valence-corrected chi connectivity index (χ0v) is 11.3. The van der Waals surface area contributed by atoms with Crippen molar-refractivity contribution in [1.82, 2.24) is 0 Å². The van der Waals surface area contributed by atoms with Crippen molar-refractivity contribution in [2.45, 2.75) is 6.92 Å². The molecular weight excluding hydrogens is 240 g/mol. The molecule has 0 aliphatic rings. The summed E-state index contributed by atoms with van der Waals surface area (Å²) in [6.45, 7) is 1.56. The molecule has 0 N–H and O–H groups in total. The second-order valence-electron chi connectivity index (χ2n) is 4.20. The second-order valence-corrected chi connectivity index (χ2v) is 4.20. The molecule has 0 aliphatic carbocycles. The first kappa shape index (κ1) is 13.1. The van der Waals surface area contributed by atoms with E-state index in [1.807, 2.05) is 42.5 Å². The number of ether oxygens (including phenoxy) is 2. The molecule has 2 aromatic carbocycles. The third kappa shape index (κ3) is 2.76. The van der Waals surface area contributed by atoms with Crippen molar-refractivity contribution < 1.29 is 14.3 Å². The summed E-state index contributed by atoms with van der Waals surface area (Å²) in [5.74, 6) is 1.56. The Bertz CT molecular complexity index is 585. The number of methoxy groups -OCH3 is 2. The van der Waals surface area contributed by atoms with Crippen LogP contribution in [0, 0.1) is 0 Å². The van der Waals surface area contributed by atoms with E-state index in [9.17, 15) is 4.79 Å². The summed E-state index contributed by atoms with van der Waals surface area (Å²) in [7, 11) is 3.25. The lowest BCUT2D eigenvalue weighted by molar-refractivity contribution is 0.101. The van der Waals surface area contributed by atoms with Crippen molar-refractivity contribution in [3.05, 3.63) is 48.0 Å². The van der Waals surface area contributed by atoms with Gasteiger partial charge in [0.2, 0.25) is 0 Å². The summed E-state index contributed by atoms with van der Waals surface area (Å²) >= 11 is 0. The molecule has 0 saturated carbocycles. The number of carbonyl (C=O) groups excluding carboxylic acids is 1. The molecule has 2 rings (SSSR count). The molecule has 0 unspecified atom stereocenters. The van der Waals surface area contributed by atoms with Crippen LogP contribution in [0.1, 0.15) is 17.3 Å². The zero-order chi connectivity index (χ0) is 13.8. The molecule has 0 saturated heterocycles. The summed E-state index contributed by atoms with van der Waals surface area (Å²) in [6.07, 6.45) is 0. The van der Waals surface area contributed by atoms with Crippen molar-refractivity contribution in [2.75, 3.05) is 14.2 Å². The largest absolute Gasteiger partial charge is 0.497 e. The van der Waals surface area contributed by atoms with Gasteiger partial charge in [0.05, 0.1) is 14.2 Å². The van der Waals surface area contributed by atoms with Crippen molar-refractivity contribution in [1.29, 1.82) is 0 Å². The van der Waals surface area contributed by atoms with Gasteiger partial charge in [-0.1, -0.05) is 24.3 Å². The van der Waals surface area contributed by atoms with E-state index in [-0.39, 0.29) is 5.78 Å². The Balaban J connectivity index is 2.43. The average molecular weight is 256 g/mol. The predicted octanol–water partition coefficient (Wildman–Crippen LogP) is 3.57. The number of hydrogen-bond donors (Lipinski definition) is 0. The Morgan fingerprint density at radius 3 is 2.16 bits per heavy atom. The van der Waals surface area contributed by atoms with Gasteiger partial charge in [-0.05, 0) is 24.6 Å². The fourth-order valence-electron chi connectivity index (χ4n) is 1.92. The Kier molecular flexibility index (Phi) is 3.85. The van der Waals surface area contributed by atoms with E-state index in [0.717, 1.165) is 22.6 Å². The standard InChI is InChI=1S/C16H16O3/c1-11(17)12-4-6-13(7-5-12)15-9-8-14(18-2)10-16(15)19-3/h4-10H,1-3H3. The van der Waals surface area contributed by atoms with Crippen LogP contribution in [-0.2, 0) is 0 Å². The van der Waals surface area contributed by atoms with Crippen LogP contribution < -0.4 is 9.47 Å². The van der Waals surface area contributed by atoms with Gasteiger partial charge in [-0.2, -0.15) is 0 Å². The zero-order valence-electron chi connectivity index (χ0n) is 11.3. The van der Waals surface area contributed by atoms with E-state index >= 15 is 0 Å². The van der Waals surface area contributed by atoms with Gasteiger partial charge in [-0.3, -0.25) is 4.79 Å². The smallest absolute Gasteiger partial charge is 0.159 e. The maximum absolute atomic E-state index is 11.3. The normalized spacial score (nSPS) is 10.1. The van der Waals surface area contributed by atoms with Crippen LogP contribution in [0.4, 0.5) is 0 Å². The van der Waals surface area contributed by atoms with Gasteiger partial charge in [0.15, 0.2) is 5.78 Å². The predicted molar refractivity (Wildman–Crippen MR) is 75.0 cm³/mol. The molecule has 0 aromatic heterocycles. The van der Waals surface area contributed by atoms with Crippen molar-refractivity contribution in [3.63, 3.8) is 0 Å². The van der Waals surface area contributed by atoms with Gasteiger partial charge in [0.1, 0.15) is 11.5 Å².